The van der Waals surface area contributed by atoms with Gasteiger partial charge in [-0.25, -0.2) is 5.53 Å². The van der Waals surface area contributed by atoms with E-state index in [2.05, 4.69) is 21.0 Å². The van der Waals surface area contributed by atoms with E-state index in [1.165, 1.54) is 6.07 Å². The number of hydrogen-bond acceptors (Lipinski definition) is 2. The second kappa shape index (κ2) is 3.45. The molecule has 0 radical (unpaired) electrons. The third-order valence-corrected chi connectivity index (χ3v) is 1.88. The van der Waals surface area contributed by atoms with E-state index in [0.29, 0.717) is 4.47 Å². The molecule has 0 unspecified atom stereocenters. The van der Waals surface area contributed by atoms with Gasteiger partial charge in [0.05, 0.1) is 11.3 Å². The summed E-state index contributed by atoms with van der Waals surface area (Å²) >= 11 is 2.92. The van der Waals surface area contributed by atoms with Crippen molar-refractivity contribution in [1.29, 1.82) is 5.53 Å². The van der Waals surface area contributed by atoms with E-state index in [9.17, 15) is 13.2 Å². The average molecular weight is 253 g/mol. The molecule has 1 aromatic carbocycles. The first-order valence-electron chi connectivity index (χ1n) is 3.19. The summed E-state index contributed by atoms with van der Waals surface area (Å²) in [4.78, 5) is 0. The van der Waals surface area contributed by atoms with Crippen molar-refractivity contribution in [2.75, 3.05) is 0 Å². The van der Waals surface area contributed by atoms with E-state index in [1.807, 2.05) is 0 Å². The lowest BCUT2D eigenvalue weighted by Gasteiger charge is -2.08. The van der Waals surface area contributed by atoms with Crippen LogP contribution >= 0.6 is 15.9 Å². The van der Waals surface area contributed by atoms with Crippen molar-refractivity contribution in [3.8, 4) is 0 Å². The van der Waals surface area contributed by atoms with Crippen LogP contribution in [0.15, 0.2) is 27.8 Å². The normalized spacial score (nSPS) is 11.4. The molecular weight excluding hydrogens is 249 g/mol. The molecule has 13 heavy (non-hydrogen) atoms. The first-order chi connectivity index (χ1) is 5.95. The van der Waals surface area contributed by atoms with Gasteiger partial charge in [0, 0.05) is 4.47 Å². The third kappa shape index (κ3) is 2.27. The summed E-state index contributed by atoms with van der Waals surface area (Å²) in [6.07, 6.45) is -4.47. The van der Waals surface area contributed by atoms with Crippen LogP contribution in [0.2, 0.25) is 0 Å². The molecular formula is C7H4BrF3N2. The van der Waals surface area contributed by atoms with E-state index in [-0.39, 0.29) is 5.69 Å². The maximum absolute atomic E-state index is 12.3. The molecule has 0 atom stereocenters. The van der Waals surface area contributed by atoms with Crippen molar-refractivity contribution in [3.05, 3.63) is 28.2 Å². The topological polar surface area (TPSA) is 36.2 Å². The first-order valence-corrected chi connectivity index (χ1v) is 3.98. The standard InChI is InChI=1S/C7H4BrF3N2/c8-4-1-2-6(13-12)5(3-4)7(9,10)11/h1-3,12H. The SMILES string of the molecule is N=Nc1ccc(Br)cc1C(F)(F)F. The molecule has 1 aromatic rings. The third-order valence-electron chi connectivity index (χ3n) is 1.38. The summed E-state index contributed by atoms with van der Waals surface area (Å²) in [7, 11) is 0. The van der Waals surface area contributed by atoms with Crippen LogP contribution < -0.4 is 0 Å². The molecule has 0 aromatic heterocycles. The van der Waals surface area contributed by atoms with Crippen LogP contribution in [0.5, 0.6) is 0 Å². The van der Waals surface area contributed by atoms with Gasteiger partial charge >= 0.3 is 6.18 Å². The molecule has 0 saturated carbocycles. The van der Waals surface area contributed by atoms with Gasteiger partial charge in [-0.2, -0.15) is 18.3 Å². The molecule has 1 N–H and O–H groups in total. The van der Waals surface area contributed by atoms with Gasteiger partial charge in [-0.05, 0) is 18.2 Å². The molecule has 6 heteroatoms. The number of halogens is 4. The molecule has 0 spiro atoms. The van der Waals surface area contributed by atoms with E-state index < -0.39 is 11.7 Å². The van der Waals surface area contributed by atoms with Crippen molar-refractivity contribution in [2.24, 2.45) is 5.11 Å². The lowest BCUT2D eigenvalue weighted by atomic mass is 10.2. The number of hydrogen-bond donors (Lipinski definition) is 1. The highest BCUT2D eigenvalue weighted by atomic mass is 79.9. The number of benzene rings is 1. The van der Waals surface area contributed by atoms with Crippen molar-refractivity contribution >= 4 is 21.6 Å². The zero-order valence-electron chi connectivity index (χ0n) is 6.19. The smallest absolute Gasteiger partial charge is 0.204 e. The van der Waals surface area contributed by atoms with Gasteiger partial charge < -0.3 is 0 Å². The molecule has 0 amide bonds. The summed E-state index contributed by atoms with van der Waals surface area (Å²) in [5.41, 5.74) is 5.26. The Hall–Kier alpha value is -0.910. The maximum Gasteiger partial charge on any atom is 0.418 e. The van der Waals surface area contributed by atoms with Crippen molar-refractivity contribution in [2.45, 2.75) is 6.18 Å². The lowest BCUT2D eigenvalue weighted by molar-refractivity contribution is -0.137. The fourth-order valence-corrected chi connectivity index (χ4v) is 1.19. The van der Waals surface area contributed by atoms with Crippen LogP contribution in [0, 0.1) is 5.53 Å². The van der Waals surface area contributed by atoms with Gasteiger partial charge in [0.25, 0.3) is 0 Å². The Balaban J connectivity index is 3.32. The molecule has 0 bridgehead atoms. The Morgan fingerprint density at radius 2 is 1.92 bits per heavy atom. The highest BCUT2D eigenvalue weighted by Gasteiger charge is 2.33. The van der Waals surface area contributed by atoms with Gasteiger partial charge in [0.15, 0.2) is 0 Å². The van der Waals surface area contributed by atoms with Crippen LogP contribution in [-0.2, 0) is 6.18 Å². The summed E-state index contributed by atoms with van der Waals surface area (Å²) in [6, 6.07) is 3.44. The monoisotopic (exact) mass is 252 g/mol. The van der Waals surface area contributed by atoms with E-state index in [0.717, 1.165) is 12.1 Å². The number of nitrogens with one attached hydrogen (secondary N) is 1. The van der Waals surface area contributed by atoms with Crippen LogP contribution in [0.4, 0.5) is 18.9 Å². The van der Waals surface area contributed by atoms with Gasteiger partial charge in [0.1, 0.15) is 0 Å². The molecule has 0 saturated heterocycles. The Bertz CT molecular complexity index is 335. The van der Waals surface area contributed by atoms with Gasteiger partial charge in [-0.3, -0.25) is 0 Å². The summed E-state index contributed by atoms with van der Waals surface area (Å²) < 4.78 is 37.1. The lowest BCUT2D eigenvalue weighted by Crippen LogP contribution is -2.04. The second-order valence-electron chi connectivity index (χ2n) is 2.27. The van der Waals surface area contributed by atoms with Gasteiger partial charge in [-0.1, -0.05) is 15.9 Å². The minimum Gasteiger partial charge on any atom is -0.204 e. The molecule has 0 aliphatic heterocycles. The van der Waals surface area contributed by atoms with Crippen LogP contribution in [-0.4, -0.2) is 0 Å². The fraction of sp³-hybridized carbons (Fsp3) is 0.143. The van der Waals surface area contributed by atoms with Crippen molar-refractivity contribution in [3.63, 3.8) is 0 Å². The number of nitrogens with zero attached hydrogens (tertiary/aromatic N) is 1. The second-order valence-corrected chi connectivity index (χ2v) is 3.19. The predicted molar refractivity (Wildman–Crippen MR) is 44.0 cm³/mol. The Labute approximate surface area is 80.4 Å². The zero-order chi connectivity index (χ0) is 10.1. The average Bonchev–Trinajstić information content (AvgIpc) is 2.03. The first kappa shape index (κ1) is 10.2. The molecule has 1 rings (SSSR count). The largest absolute Gasteiger partial charge is 0.418 e. The Kier molecular flexibility index (Phi) is 2.70. The Morgan fingerprint density at radius 3 is 2.38 bits per heavy atom. The molecule has 70 valence electrons. The highest BCUT2D eigenvalue weighted by Crippen LogP contribution is 2.37. The highest BCUT2D eigenvalue weighted by molar-refractivity contribution is 9.10. The minimum atomic E-state index is -4.47. The summed E-state index contributed by atoms with van der Waals surface area (Å²) in [5, 5.41) is 2.79. The quantitative estimate of drug-likeness (QED) is 0.730. The van der Waals surface area contributed by atoms with Crippen molar-refractivity contribution in [1.82, 2.24) is 0 Å². The number of rotatable bonds is 1. The van der Waals surface area contributed by atoms with Crippen molar-refractivity contribution < 1.29 is 13.2 Å². The zero-order valence-corrected chi connectivity index (χ0v) is 7.78. The molecule has 0 heterocycles. The van der Waals surface area contributed by atoms with E-state index in [1.54, 1.807) is 0 Å². The maximum atomic E-state index is 12.3. The van der Waals surface area contributed by atoms with Crippen LogP contribution in [0.1, 0.15) is 5.56 Å². The molecule has 0 aliphatic carbocycles. The summed E-state index contributed by atoms with van der Waals surface area (Å²) in [5.74, 6) is 0. The summed E-state index contributed by atoms with van der Waals surface area (Å²) in [6.45, 7) is 0. The molecule has 0 fully saturated rings. The van der Waals surface area contributed by atoms with Crippen LogP contribution in [0.3, 0.4) is 0 Å². The number of alkyl halides is 3. The van der Waals surface area contributed by atoms with E-state index in [4.69, 9.17) is 5.53 Å². The predicted octanol–water partition coefficient (Wildman–Crippen LogP) is 4.13. The fourth-order valence-electron chi connectivity index (χ4n) is 0.833. The Morgan fingerprint density at radius 1 is 1.31 bits per heavy atom. The van der Waals surface area contributed by atoms with E-state index >= 15 is 0 Å². The minimum absolute atomic E-state index is 0.312. The van der Waals surface area contributed by atoms with Crippen LogP contribution in [0.25, 0.3) is 0 Å². The van der Waals surface area contributed by atoms with Gasteiger partial charge in [0.2, 0.25) is 0 Å². The van der Waals surface area contributed by atoms with Gasteiger partial charge in [-0.15, -0.1) is 0 Å². The molecule has 0 aliphatic rings. The molecule has 2 nitrogen and oxygen atoms in total.